The molecule has 0 heterocycles. The Labute approximate surface area is 117 Å². The number of Topliss-reactive ketones (excluding diaryl/α,β-unsaturated/α-hetero) is 1. The van der Waals surface area contributed by atoms with Crippen LogP contribution >= 0.6 is 0 Å². The van der Waals surface area contributed by atoms with Crippen LogP contribution in [0.15, 0.2) is 11.8 Å². The maximum Gasteiger partial charge on any atom is 0.310 e. The number of ether oxygens (including phenoxy) is 2. The number of hydrogen-bond donors (Lipinski definition) is 1. The molecule has 0 aliphatic heterocycles. The van der Waals surface area contributed by atoms with Crippen LogP contribution in [-0.2, 0) is 23.9 Å². The average molecular weight is 284 g/mol. The number of carbonyl (C=O) groups excluding carboxylic acids is 3. The van der Waals surface area contributed by atoms with Crippen LogP contribution in [0.3, 0.4) is 0 Å². The van der Waals surface area contributed by atoms with Gasteiger partial charge in [0.2, 0.25) is 17.2 Å². The Kier molecular flexibility index (Phi) is 4.39. The number of aliphatic hydroxyl groups is 1. The van der Waals surface area contributed by atoms with Gasteiger partial charge in [0.05, 0.1) is 13.0 Å². The van der Waals surface area contributed by atoms with Crippen LogP contribution < -0.4 is 0 Å². The van der Waals surface area contributed by atoms with Gasteiger partial charge in [-0.05, 0) is 20.3 Å². The summed E-state index contributed by atoms with van der Waals surface area (Å²) in [5, 5.41) is 10.2. The second-order valence-corrected chi connectivity index (χ2v) is 5.24. The summed E-state index contributed by atoms with van der Waals surface area (Å²) in [6.07, 6.45) is 1.51. The molecule has 6 heteroatoms. The van der Waals surface area contributed by atoms with E-state index in [1.807, 2.05) is 0 Å². The fraction of sp³-hybridized carbons (Fsp3) is 0.643. The van der Waals surface area contributed by atoms with Gasteiger partial charge in [-0.15, -0.1) is 0 Å². The Bertz CT molecular complexity index is 476. The highest BCUT2D eigenvalue weighted by Gasteiger charge is 2.57. The van der Waals surface area contributed by atoms with Crippen molar-refractivity contribution in [1.29, 1.82) is 0 Å². The predicted molar refractivity (Wildman–Crippen MR) is 69.7 cm³/mol. The minimum atomic E-state index is -2.02. The van der Waals surface area contributed by atoms with E-state index in [1.165, 1.54) is 21.0 Å². The van der Waals surface area contributed by atoms with Crippen molar-refractivity contribution in [3.05, 3.63) is 11.8 Å². The second kappa shape index (κ2) is 5.36. The van der Waals surface area contributed by atoms with Crippen LogP contribution in [0.4, 0.5) is 0 Å². The van der Waals surface area contributed by atoms with Crippen molar-refractivity contribution in [3.63, 3.8) is 0 Å². The highest BCUT2D eigenvalue weighted by Crippen LogP contribution is 2.33. The molecule has 0 amide bonds. The minimum Gasteiger partial charge on any atom is -0.497 e. The van der Waals surface area contributed by atoms with E-state index in [0.29, 0.717) is 6.42 Å². The van der Waals surface area contributed by atoms with E-state index in [1.54, 1.807) is 13.8 Å². The van der Waals surface area contributed by atoms with Crippen LogP contribution in [0.1, 0.15) is 34.1 Å². The Morgan fingerprint density at radius 3 is 2.40 bits per heavy atom. The van der Waals surface area contributed by atoms with Crippen LogP contribution in [0.5, 0.6) is 0 Å². The van der Waals surface area contributed by atoms with Gasteiger partial charge in [-0.2, -0.15) is 0 Å². The molecule has 0 saturated carbocycles. The Morgan fingerprint density at radius 2 is 1.95 bits per heavy atom. The molecule has 0 aromatic rings. The zero-order chi connectivity index (χ0) is 15.7. The normalized spacial score (nSPS) is 31.6. The van der Waals surface area contributed by atoms with Gasteiger partial charge in [-0.25, -0.2) is 0 Å². The second-order valence-electron chi connectivity index (χ2n) is 5.24. The van der Waals surface area contributed by atoms with Gasteiger partial charge in [-0.3, -0.25) is 14.4 Å². The summed E-state index contributed by atoms with van der Waals surface area (Å²) in [5.74, 6) is -2.88. The van der Waals surface area contributed by atoms with Crippen molar-refractivity contribution < 1.29 is 29.0 Å². The monoisotopic (exact) mass is 284 g/mol. The molecule has 0 fully saturated rings. The lowest BCUT2D eigenvalue weighted by molar-refractivity contribution is -0.180. The Hall–Kier alpha value is -1.69. The summed E-state index contributed by atoms with van der Waals surface area (Å²) >= 11 is 0. The third kappa shape index (κ3) is 2.47. The lowest BCUT2D eigenvalue weighted by Crippen LogP contribution is -2.60. The van der Waals surface area contributed by atoms with E-state index in [0.717, 1.165) is 6.08 Å². The molecule has 1 rings (SSSR count). The zero-order valence-electron chi connectivity index (χ0n) is 12.4. The van der Waals surface area contributed by atoms with Gasteiger partial charge in [0.1, 0.15) is 5.76 Å². The molecule has 0 saturated heterocycles. The van der Waals surface area contributed by atoms with Gasteiger partial charge < -0.3 is 14.6 Å². The van der Waals surface area contributed by atoms with Crippen LogP contribution in [0, 0.1) is 5.92 Å². The number of methoxy groups -OCH3 is 1. The average Bonchev–Trinajstić information content (AvgIpc) is 2.40. The molecule has 1 N–H and O–H groups in total. The van der Waals surface area contributed by atoms with E-state index in [4.69, 9.17) is 9.47 Å². The van der Waals surface area contributed by atoms with Gasteiger partial charge in [0, 0.05) is 6.08 Å². The van der Waals surface area contributed by atoms with E-state index in [-0.39, 0.29) is 5.76 Å². The van der Waals surface area contributed by atoms with E-state index < -0.39 is 34.7 Å². The summed E-state index contributed by atoms with van der Waals surface area (Å²) in [4.78, 5) is 36.2. The molecular weight excluding hydrogens is 264 g/mol. The molecular formula is C14H20O6. The fourth-order valence-electron chi connectivity index (χ4n) is 1.91. The predicted octanol–water partition coefficient (Wildman–Crippen LogP) is 0.767. The van der Waals surface area contributed by atoms with E-state index in [2.05, 4.69) is 0 Å². The molecule has 0 bridgehead atoms. The number of rotatable bonds is 4. The summed E-state index contributed by atoms with van der Waals surface area (Å²) < 4.78 is 9.93. The highest BCUT2D eigenvalue weighted by molar-refractivity contribution is 6.21. The summed E-state index contributed by atoms with van der Waals surface area (Å²) in [7, 11) is 1.24. The SMILES string of the molecule is CCC(C)C(=O)O[C@]1(C)C(=O)C=C(OC)[C@@](C)(O)C1=O. The van der Waals surface area contributed by atoms with Crippen molar-refractivity contribution in [3.8, 4) is 0 Å². The van der Waals surface area contributed by atoms with Crippen molar-refractivity contribution in [1.82, 2.24) is 0 Å². The molecule has 1 aliphatic carbocycles. The summed E-state index contributed by atoms with van der Waals surface area (Å²) in [6.45, 7) is 5.82. The molecule has 0 spiro atoms. The Morgan fingerprint density at radius 1 is 1.40 bits per heavy atom. The number of esters is 1. The first-order valence-corrected chi connectivity index (χ1v) is 6.42. The van der Waals surface area contributed by atoms with Crippen LogP contribution in [0.25, 0.3) is 0 Å². The van der Waals surface area contributed by atoms with Crippen LogP contribution in [-0.4, -0.2) is 41.0 Å². The Balaban J connectivity index is 3.18. The number of carbonyl (C=O) groups is 3. The topological polar surface area (TPSA) is 89.9 Å². The maximum absolute atomic E-state index is 12.3. The lowest BCUT2D eigenvalue weighted by atomic mass is 9.78. The van der Waals surface area contributed by atoms with Gasteiger partial charge in [0.15, 0.2) is 5.60 Å². The fourth-order valence-corrected chi connectivity index (χ4v) is 1.91. The molecule has 6 nitrogen and oxygen atoms in total. The third-order valence-electron chi connectivity index (χ3n) is 3.63. The van der Waals surface area contributed by atoms with Crippen molar-refractivity contribution in [2.45, 2.75) is 45.3 Å². The molecule has 0 aromatic carbocycles. The van der Waals surface area contributed by atoms with Crippen molar-refractivity contribution >= 4 is 17.5 Å². The summed E-state index contributed by atoms with van der Waals surface area (Å²) in [6, 6.07) is 0. The first-order valence-electron chi connectivity index (χ1n) is 6.42. The molecule has 1 aliphatic rings. The third-order valence-corrected chi connectivity index (χ3v) is 3.63. The van der Waals surface area contributed by atoms with Crippen molar-refractivity contribution in [2.75, 3.05) is 7.11 Å². The zero-order valence-corrected chi connectivity index (χ0v) is 12.4. The molecule has 20 heavy (non-hydrogen) atoms. The van der Waals surface area contributed by atoms with Gasteiger partial charge in [-0.1, -0.05) is 13.8 Å². The molecule has 0 aromatic heterocycles. The number of hydrogen-bond acceptors (Lipinski definition) is 6. The van der Waals surface area contributed by atoms with Crippen LogP contribution in [0.2, 0.25) is 0 Å². The van der Waals surface area contributed by atoms with E-state index >= 15 is 0 Å². The molecule has 1 unspecified atom stereocenters. The smallest absolute Gasteiger partial charge is 0.310 e. The lowest BCUT2D eigenvalue weighted by Gasteiger charge is -2.37. The highest BCUT2D eigenvalue weighted by atomic mass is 16.6. The van der Waals surface area contributed by atoms with Gasteiger partial charge in [0.25, 0.3) is 0 Å². The quantitative estimate of drug-likeness (QED) is 0.605. The summed E-state index contributed by atoms with van der Waals surface area (Å²) in [5.41, 5.74) is -4.03. The standard InChI is InChI=1S/C14H20O6/c1-6-8(2)11(16)20-14(4)9(15)7-10(19-5)13(3,18)12(14)17/h7-8,18H,6H2,1-5H3/t8?,13-,14-/m1/s1. The maximum atomic E-state index is 12.3. The van der Waals surface area contributed by atoms with Gasteiger partial charge >= 0.3 is 5.97 Å². The largest absolute Gasteiger partial charge is 0.497 e. The molecule has 112 valence electrons. The van der Waals surface area contributed by atoms with E-state index in [9.17, 15) is 19.5 Å². The van der Waals surface area contributed by atoms with Crippen molar-refractivity contribution in [2.24, 2.45) is 5.92 Å². The molecule has 0 radical (unpaired) electrons. The first kappa shape index (κ1) is 16.4. The number of ketones is 2. The minimum absolute atomic E-state index is 0.162. The molecule has 3 atom stereocenters. The first-order chi connectivity index (χ1) is 9.11.